The molecule has 0 spiro atoms. The Balaban J connectivity index is 1.38. The minimum absolute atomic E-state index is 0.0170. The van der Waals surface area contributed by atoms with Crippen LogP contribution in [0, 0.1) is 6.92 Å². The van der Waals surface area contributed by atoms with Gasteiger partial charge < -0.3 is 24.3 Å². The van der Waals surface area contributed by atoms with E-state index < -0.39 is 12.1 Å². The third-order valence-corrected chi connectivity index (χ3v) is 5.68. The largest absolute Gasteiger partial charge is 0.493 e. The number of para-hydroxylation sites is 1. The number of aryl methyl sites for hydroxylation is 2. The van der Waals surface area contributed by atoms with Gasteiger partial charge in [-0.2, -0.15) is 0 Å². The van der Waals surface area contributed by atoms with Crippen molar-refractivity contribution in [2.45, 2.75) is 32.7 Å². The minimum Gasteiger partial charge on any atom is -0.493 e. The van der Waals surface area contributed by atoms with Crippen LogP contribution in [-0.2, 0) is 24.2 Å². The average Bonchev–Trinajstić information content (AvgIpc) is 3.28. The molecule has 0 aliphatic carbocycles. The maximum atomic E-state index is 12.2. The lowest BCUT2D eigenvalue weighted by Gasteiger charge is -2.13. The molecule has 0 saturated carbocycles. The fraction of sp³-hybridized carbons (Fsp3) is 0.207. The Hall–Kier alpha value is -4.59. The second-order valence-corrected chi connectivity index (χ2v) is 8.37. The number of carboxylic acid groups (broad SMARTS) is 1. The first-order valence-corrected chi connectivity index (χ1v) is 12.0. The van der Waals surface area contributed by atoms with Crippen molar-refractivity contribution in [3.8, 4) is 23.0 Å². The Labute approximate surface area is 214 Å². The lowest BCUT2D eigenvalue weighted by molar-refractivity contribution is -0.136. The Kier molecular flexibility index (Phi) is 8.54. The van der Waals surface area contributed by atoms with Crippen LogP contribution in [0.2, 0.25) is 0 Å². The minimum atomic E-state index is -0.888. The van der Waals surface area contributed by atoms with E-state index in [0.29, 0.717) is 36.8 Å². The van der Waals surface area contributed by atoms with Gasteiger partial charge in [-0.05, 0) is 60.9 Å². The molecule has 0 saturated heterocycles. The lowest BCUT2D eigenvalue weighted by atomic mass is 10.0. The number of nitrogens with zero attached hydrogens (tertiary/aromatic N) is 1. The van der Waals surface area contributed by atoms with Crippen LogP contribution in [0.1, 0.15) is 29.0 Å². The first-order valence-electron chi connectivity index (χ1n) is 12.0. The van der Waals surface area contributed by atoms with Crippen LogP contribution in [-0.4, -0.2) is 28.8 Å². The molecule has 2 N–H and O–H groups in total. The first-order chi connectivity index (χ1) is 18.0. The molecular weight excluding hydrogens is 472 g/mol. The highest BCUT2D eigenvalue weighted by Crippen LogP contribution is 2.23. The molecule has 1 heterocycles. The van der Waals surface area contributed by atoms with Crippen LogP contribution >= 0.6 is 0 Å². The summed E-state index contributed by atoms with van der Waals surface area (Å²) in [5.41, 5.74) is 3.31. The van der Waals surface area contributed by atoms with Crippen molar-refractivity contribution in [3.63, 3.8) is 0 Å². The lowest BCUT2D eigenvalue weighted by Crippen LogP contribution is -2.26. The van der Waals surface area contributed by atoms with Gasteiger partial charge in [0.2, 0.25) is 5.89 Å². The molecule has 190 valence electrons. The Morgan fingerprint density at radius 3 is 2.38 bits per heavy atom. The van der Waals surface area contributed by atoms with Crippen molar-refractivity contribution < 1.29 is 28.6 Å². The number of ether oxygens (including phenoxy) is 2. The topological polar surface area (TPSA) is 111 Å². The van der Waals surface area contributed by atoms with Crippen LogP contribution in [0.5, 0.6) is 11.5 Å². The maximum absolute atomic E-state index is 12.2. The van der Waals surface area contributed by atoms with E-state index in [1.165, 1.54) is 0 Å². The van der Waals surface area contributed by atoms with Gasteiger partial charge in [-0.25, -0.2) is 9.78 Å². The Morgan fingerprint density at radius 1 is 0.919 bits per heavy atom. The van der Waals surface area contributed by atoms with Crippen molar-refractivity contribution in [2.24, 2.45) is 0 Å². The van der Waals surface area contributed by atoms with E-state index in [1.54, 1.807) is 30.3 Å². The fourth-order valence-electron chi connectivity index (χ4n) is 3.77. The van der Waals surface area contributed by atoms with E-state index in [4.69, 9.17) is 19.0 Å². The third-order valence-electron chi connectivity index (χ3n) is 5.68. The van der Waals surface area contributed by atoms with E-state index >= 15 is 0 Å². The van der Waals surface area contributed by atoms with Crippen LogP contribution in [0.25, 0.3) is 11.5 Å². The molecule has 0 radical (unpaired) electrons. The summed E-state index contributed by atoms with van der Waals surface area (Å²) >= 11 is 0. The van der Waals surface area contributed by atoms with Crippen molar-refractivity contribution in [1.82, 2.24) is 10.3 Å². The Morgan fingerprint density at radius 2 is 1.65 bits per heavy atom. The van der Waals surface area contributed by atoms with E-state index in [2.05, 4.69) is 10.3 Å². The van der Waals surface area contributed by atoms with E-state index in [0.717, 1.165) is 28.1 Å². The van der Waals surface area contributed by atoms with Gasteiger partial charge in [0.25, 0.3) is 0 Å². The zero-order valence-electron chi connectivity index (χ0n) is 20.5. The number of benzene rings is 3. The van der Waals surface area contributed by atoms with Crippen LogP contribution in [0.15, 0.2) is 83.3 Å². The summed E-state index contributed by atoms with van der Waals surface area (Å²) in [6, 6.07) is 23.9. The van der Waals surface area contributed by atoms with Gasteiger partial charge in [0.05, 0.1) is 12.3 Å². The average molecular weight is 501 g/mol. The summed E-state index contributed by atoms with van der Waals surface area (Å²) < 4.78 is 17.0. The number of amides is 1. The second-order valence-electron chi connectivity index (χ2n) is 8.37. The fourth-order valence-corrected chi connectivity index (χ4v) is 3.77. The molecule has 4 aromatic rings. The summed E-state index contributed by atoms with van der Waals surface area (Å²) in [4.78, 5) is 27.9. The van der Waals surface area contributed by atoms with Crippen LogP contribution < -0.4 is 14.8 Å². The van der Waals surface area contributed by atoms with Gasteiger partial charge in [-0.3, -0.25) is 4.79 Å². The third kappa shape index (κ3) is 7.44. The molecule has 8 nitrogen and oxygen atoms in total. The summed E-state index contributed by atoms with van der Waals surface area (Å²) in [5, 5.41) is 11.8. The summed E-state index contributed by atoms with van der Waals surface area (Å²) in [6.45, 7) is 2.42. The molecular formula is C29H28N2O6. The standard InChI is InChI=1S/C29H28N2O6/c1-20-26(31-28(36-20)22-8-4-2-5-9-22)16-17-35-25-14-12-21(13-15-27(32)33)23(18-25)19-30-29(34)37-24-10-6-3-7-11-24/h2-12,14,18H,13,15-17,19H2,1H3,(H,30,34)(H,32,33). The molecule has 0 bridgehead atoms. The van der Waals surface area contributed by atoms with Gasteiger partial charge in [0.1, 0.15) is 17.3 Å². The molecule has 0 atom stereocenters. The van der Waals surface area contributed by atoms with Crippen LogP contribution in [0.4, 0.5) is 4.79 Å². The highest BCUT2D eigenvalue weighted by Gasteiger charge is 2.13. The quantitative estimate of drug-likeness (QED) is 0.277. The zero-order valence-corrected chi connectivity index (χ0v) is 20.5. The molecule has 0 aliphatic rings. The van der Waals surface area contributed by atoms with Crippen molar-refractivity contribution >= 4 is 12.1 Å². The Bertz CT molecular complexity index is 1340. The van der Waals surface area contributed by atoms with E-state index in [-0.39, 0.29) is 13.0 Å². The van der Waals surface area contributed by atoms with Crippen molar-refractivity contribution in [3.05, 3.63) is 101 Å². The number of aliphatic carboxylic acids is 1. The highest BCUT2D eigenvalue weighted by molar-refractivity contribution is 5.70. The molecule has 0 unspecified atom stereocenters. The second kappa shape index (κ2) is 12.4. The number of carbonyl (C=O) groups excluding carboxylic acids is 1. The summed E-state index contributed by atoms with van der Waals surface area (Å²) in [5.74, 6) is 1.47. The smallest absolute Gasteiger partial charge is 0.412 e. The summed E-state index contributed by atoms with van der Waals surface area (Å²) in [7, 11) is 0. The van der Waals surface area contributed by atoms with Crippen molar-refractivity contribution in [1.29, 1.82) is 0 Å². The van der Waals surface area contributed by atoms with E-state index in [9.17, 15) is 9.59 Å². The van der Waals surface area contributed by atoms with Gasteiger partial charge >= 0.3 is 12.1 Å². The molecule has 4 rings (SSSR count). The number of hydrogen-bond acceptors (Lipinski definition) is 6. The number of rotatable bonds is 11. The van der Waals surface area contributed by atoms with E-state index in [1.807, 2.05) is 55.5 Å². The van der Waals surface area contributed by atoms with Gasteiger partial charge in [-0.15, -0.1) is 0 Å². The zero-order chi connectivity index (χ0) is 26.0. The monoisotopic (exact) mass is 500 g/mol. The predicted molar refractivity (Wildman–Crippen MR) is 138 cm³/mol. The van der Waals surface area contributed by atoms with Crippen LogP contribution in [0.3, 0.4) is 0 Å². The molecule has 37 heavy (non-hydrogen) atoms. The highest BCUT2D eigenvalue weighted by atomic mass is 16.6. The molecule has 3 aromatic carbocycles. The molecule has 1 aromatic heterocycles. The van der Waals surface area contributed by atoms with Gasteiger partial charge in [-0.1, -0.05) is 42.5 Å². The van der Waals surface area contributed by atoms with Gasteiger partial charge in [0.15, 0.2) is 0 Å². The number of carbonyl (C=O) groups is 2. The first kappa shape index (κ1) is 25.5. The number of oxazole rings is 1. The molecule has 8 heteroatoms. The predicted octanol–water partition coefficient (Wildman–Crippen LogP) is 5.58. The summed E-state index contributed by atoms with van der Waals surface area (Å²) in [6.07, 6.45) is 0.273. The molecule has 0 fully saturated rings. The maximum Gasteiger partial charge on any atom is 0.412 e. The van der Waals surface area contributed by atoms with Gasteiger partial charge in [0, 0.05) is 24.9 Å². The number of aromatic nitrogens is 1. The SMILES string of the molecule is Cc1oc(-c2ccccc2)nc1CCOc1ccc(CCC(=O)O)c(CNC(=O)Oc2ccccc2)c1. The normalized spacial score (nSPS) is 10.6. The number of nitrogens with one attached hydrogen (secondary N) is 1. The van der Waals surface area contributed by atoms with Crippen molar-refractivity contribution in [2.75, 3.05) is 6.61 Å². The molecule has 1 amide bonds. The number of hydrogen-bond donors (Lipinski definition) is 2. The number of carboxylic acids is 1. The molecule has 0 aliphatic heterocycles.